The van der Waals surface area contributed by atoms with Gasteiger partial charge in [-0.3, -0.25) is 4.99 Å². The minimum Gasteiger partial charge on any atom is -0.435 e. The zero-order valence-electron chi connectivity index (χ0n) is 17.4. The molecule has 0 bridgehead atoms. The van der Waals surface area contributed by atoms with Crippen LogP contribution in [0.4, 0.5) is 8.78 Å². The number of rotatable bonds is 10. The molecule has 0 saturated carbocycles. The van der Waals surface area contributed by atoms with E-state index in [0.717, 1.165) is 32.0 Å². The number of ether oxygens (including phenoxy) is 1. The molecule has 0 amide bonds. The van der Waals surface area contributed by atoms with Crippen LogP contribution < -0.4 is 15.4 Å². The number of nitrogens with one attached hydrogen (secondary N) is 2. The maximum atomic E-state index is 12.2. The summed E-state index contributed by atoms with van der Waals surface area (Å²) in [5, 5.41) is 16.8. The van der Waals surface area contributed by atoms with E-state index in [-0.39, 0.29) is 12.3 Å². The van der Waals surface area contributed by atoms with Crippen LogP contribution in [0.5, 0.6) is 5.75 Å². The lowest BCUT2D eigenvalue weighted by Crippen LogP contribution is -2.40. The molecule has 1 fully saturated rings. The molecule has 1 saturated heterocycles. The van der Waals surface area contributed by atoms with E-state index in [0.29, 0.717) is 11.5 Å². The molecule has 1 aliphatic heterocycles. The van der Waals surface area contributed by atoms with Crippen LogP contribution in [0.15, 0.2) is 29.3 Å². The van der Waals surface area contributed by atoms with Crippen molar-refractivity contribution >= 4 is 5.96 Å². The van der Waals surface area contributed by atoms with E-state index < -0.39 is 12.7 Å². The normalized spacial score (nSPS) is 17.4. The van der Waals surface area contributed by atoms with Gasteiger partial charge in [-0.2, -0.15) is 8.78 Å². The molecule has 1 heterocycles. The van der Waals surface area contributed by atoms with Gasteiger partial charge in [0.15, 0.2) is 5.96 Å². The van der Waals surface area contributed by atoms with Crippen molar-refractivity contribution in [1.82, 2.24) is 15.5 Å². The summed E-state index contributed by atoms with van der Waals surface area (Å²) >= 11 is 0. The number of aliphatic hydroxyl groups is 1. The van der Waals surface area contributed by atoms with Gasteiger partial charge < -0.3 is 25.4 Å². The number of halogens is 2. The Morgan fingerprint density at radius 3 is 2.55 bits per heavy atom. The van der Waals surface area contributed by atoms with Crippen LogP contribution in [-0.4, -0.2) is 61.8 Å². The molecule has 3 N–H and O–H groups in total. The minimum atomic E-state index is -2.86. The molecule has 0 aromatic heterocycles. The van der Waals surface area contributed by atoms with Crippen molar-refractivity contribution in [2.45, 2.75) is 45.8 Å². The number of aliphatic imine (C=N–C) groups is 1. The van der Waals surface area contributed by atoms with Crippen molar-refractivity contribution in [3.05, 3.63) is 29.8 Å². The Bertz CT molecular complexity index is 605. The Kier molecular flexibility index (Phi) is 10.1. The Morgan fingerprint density at radius 2 is 1.93 bits per heavy atom. The van der Waals surface area contributed by atoms with Crippen LogP contribution in [0, 0.1) is 5.92 Å². The lowest BCUT2D eigenvalue weighted by molar-refractivity contribution is -0.0498. The maximum Gasteiger partial charge on any atom is 0.387 e. The molecule has 1 aliphatic rings. The van der Waals surface area contributed by atoms with Gasteiger partial charge in [-0.25, -0.2) is 0 Å². The second-order valence-electron chi connectivity index (χ2n) is 7.49. The first-order chi connectivity index (χ1) is 14.0. The molecule has 1 aromatic carbocycles. The number of aliphatic hydroxyl groups excluding tert-OH is 1. The Balaban J connectivity index is 1.75. The molecule has 6 nitrogen and oxygen atoms in total. The molecule has 0 radical (unpaired) electrons. The number of hydrogen-bond donors (Lipinski definition) is 3. The summed E-state index contributed by atoms with van der Waals surface area (Å²) < 4.78 is 28.7. The SMILES string of the molecule is CCNC(=NCC(O)c1ccc(OC(F)F)cc1)NCCCN1CCC(C)CC1. The fourth-order valence-electron chi connectivity index (χ4n) is 3.29. The summed E-state index contributed by atoms with van der Waals surface area (Å²) in [4.78, 5) is 6.95. The first-order valence-corrected chi connectivity index (χ1v) is 10.4. The summed E-state index contributed by atoms with van der Waals surface area (Å²) in [6, 6.07) is 5.97. The van der Waals surface area contributed by atoms with Crippen molar-refractivity contribution in [2.24, 2.45) is 10.9 Å². The second kappa shape index (κ2) is 12.6. The van der Waals surface area contributed by atoms with Crippen LogP contribution in [0.25, 0.3) is 0 Å². The molecule has 1 unspecified atom stereocenters. The van der Waals surface area contributed by atoms with E-state index in [1.807, 2.05) is 6.92 Å². The number of hydrogen-bond acceptors (Lipinski definition) is 4. The topological polar surface area (TPSA) is 69.1 Å². The average molecular weight is 413 g/mol. The highest BCUT2D eigenvalue weighted by molar-refractivity contribution is 5.79. The maximum absolute atomic E-state index is 12.2. The van der Waals surface area contributed by atoms with Gasteiger partial charge >= 0.3 is 6.61 Å². The number of nitrogens with zero attached hydrogens (tertiary/aromatic N) is 2. The second-order valence-corrected chi connectivity index (χ2v) is 7.49. The summed E-state index contributed by atoms with van der Waals surface area (Å²) in [6.45, 7) is 6.61. The van der Waals surface area contributed by atoms with Crippen LogP contribution in [0.2, 0.25) is 0 Å². The number of alkyl halides is 2. The Hall–Kier alpha value is -1.93. The summed E-state index contributed by atoms with van der Waals surface area (Å²) in [5.41, 5.74) is 0.602. The quantitative estimate of drug-likeness (QED) is 0.313. The number of guanidine groups is 1. The van der Waals surface area contributed by atoms with Crippen molar-refractivity contribution in [3.63, 3.8) is 0 Å². The molecular weight excluding hydrogens is 378 g/mol. The standard InChI is InChI=1S/C21H34F2N4O2/c1-3-24-21(25-11-4-12-27-13-9-16(2)10-14-27)26-15-19(28)17-5-7-18(8-6-17)29-20(22)23/h5-8,16,19-20,28H,3-4,9-15H2,1-2H3,(H2,24,25,26). The molecular formula is C21H34F2N4O2. The van der Waals surface area contributed by atoms with Crippen molar-refractivity contribution in [3.8, 4) is 5.75 Å². The molecule has 8 heteroatoms. The zero-order valence-corrected chi connectivity index (χ0v) is 17.4. The lowest BCUT2D eigenvalue weighted by Gasteiger charge is -2.30. The number of piperidine rings is 1. The number of benzene rings is 1. The third-order valence-corrected chi connectivity index (χ3v) is 5.08. The van der Waals surface area contributed by atoms with Crippen molar-refractivity contribution < 1.29 is 18.6 Å². The van der Waals surface area contributed by atoms with Crippen LogP contribution in [0.3, 0.4) is 0 Å². The van der Waals surface area contributed by atoms with E-state index in [9.17, 15) is 13.9 Å². The summed E-state index contributed by atoms with van der Waals surface area (Å²) in [7, 11) is 0. The van der Waals surface area contributed by atoms with Gasteiger partial charge in [0.1, 0.15) is 5.75 Å². The summed E-state index contributed by atoms with van der Waals surface area (Å²) in [6.07, 6.45) is 2.78. The minimum absolute atomic E-state index is 0.0672. The largest absolute Gasteiger partial charge is 0.435 e. The van der Waals surface area contributed by atoms with E-state index in [1.54, 1.807) is 12.1 Å². The molecule has 0 aliphatic carbocycles. The van der Waals surface area contributed by atoms with Gasteiger partial charge in [0.05, 0.1) is 12.6 Å². The fraction of sp³-hybridized carbons (Fsp3) is 0.667. The van der Waals surface area contributed by atoms with Crippen LogP contribution in [-0.2, 0) is 0 Å². The van der Waals surface area contributed by atoms with Gasteiger partial charge in [0.25, 0.3) is 0 Å². The fourth-order valence-corrected chi connectivity index (χ4v) is 3.29. The predicted molar refractivity (Wildman–Crippen MR) is 111 cm³/mol. The molecule has 164 valence electrons. The third kappa shape index (κ3) is 8.95. The van der Waals surface area contributed by atoms with Crippen LogP contribution >= 0.6 is 0 Å². The molecule has 29 heavy (non-hydrogen) atoms. The van der Waals surface area contributed by atoms with Gasteiger partial charge in [-0.05, 0) is 69.4 Å². The molecule has 2 rings (SSSR count). The molecule has 1 aromatic rings. The van der Waals surface area contributed by atoms with Gasteiger partial charge in [-0.15, -0.1) is 0 Å². The predicted octanol–water partition coefficient (Wildman–Crippen LogP) is 3.00. The first kappa shape index (κ1) is 23.3. The molecule has 0 spiro atoms. The third-order valence-electron chi connectivity index (χ3n) is 5.08. The van der Waals surface area contributed by atoms with Gasteiger partial charge in [0, 0.05) is 13.1 Å². The van der Waals surface area contributed by atoms with E-state index in [1.165, 1.54) is 38.1 Å². The van der Waals surface area contributed by atoms with E-state index >= 15 is 0 Å². The summed E-state index contributed by atoms with van der Waals surface area (Å²) in [5.74, 6) is 1.57. The van der Waals surface area contributed by atoms with Crippen molar-refractivity contribution in [2.75, 3.05) is 39.3 Å². The van der Waals surface area contributed by atoms with Crippen LogP contribution in [0.1, 0.15) is 44.8 Å². The average Bonchev–Trinajstić information content (AvgIpc) is 2.70. The number of likely N-dealkylation sites (tertiary alicyclic amines) is 1. The smallest absolute Gasteiger partial charge is 0.387 e. The Morgan fingerprint density at radius 1 is 1.24 bits per heavy atom. The highest BCUT2D eigenvalue weighted by Gasteiger charge is 2.15. The monoisotopic (exact) mass is 412 g/mol. The first-order valence-electron chi connectivity index (χ1n) is 10.4. The highest BCUT2D eigenvalue weighted by Crippen LogP contribution is 2.19. The lowest BCUT2D eigenvalue weighted by atomic mass is 9.99. The highest BCUT2D eigenvalue weighted by atomic mass is 19.3. The Labute approximate surface area is 172 Å². The van der Waals surface area contributed by atoms with Gasteiger partial charge in [-0.1, -0.05) is 19.1 Å². The van der Waals surface area contributed by atoms with Crippen molar-refractivity contribution in [1.29, 1.82) is 0 Å². The molecule has 1 atom stereocenters. The zero-order chi connectivity index (χ0) is 21.1. The van der Waals surface area contributed by atoms with Gasteiger partial charge in [0.2, 0.25) is 0 Å². The van der Waals surface area contributed by atoms with E-state index in [2.05, 4.69) is 32.2 Å². The van der Waals surface area contributed by atoms with E-state index in [4.69, 9.17) is 0 Å².